The predicted molar refractivity (Wildman–Crippen MR) is 98.4 cm³/mol. The number of benzene rings is 1. The molecule has 6 heteroatoms. The molecule has 1 atom stereocenters. The number of aromatic nitrogens is 2. The quantitative estimate of drug-likeness (QED) is 0.886. The predicted octanol–water partition coefficient (Wildman–Crippen LogP) is 2.56. The third-order valence-electron chi connectivity index (χ3n) is 5.82. The number of aryl methyl sites for hydroxylation is 1. The van der Waals surface area contributed by atoms with Gasteiger partial charge in [0.1, 0.15) is 11.9 Å². The normalized spacial score (nSPS) is 20.6. The van der Waals surface area contributed by atoms with Gasteiger partial charge in [-0.15, -0.1) is 0 Å². The van der Waals surface area contributed by atoms with Crippen LogP contribution in [0.15, 0.2) is 42.7 Å². The largest absolute Gasteiger partial charge is 0.385 e. The second-order valence-electron chi connectivity index (χ2n) is 7.54. The molecule has 2 aliphatic rings. The molecular formula is C20H26N4O2. The van der Waals surface area contributed by atoms with Gasteiger partial charge in [0, 0.05) is 32.5 Å². The second-order valence-corrected chi connectivity index (χ2v) is 7.54. The molecule has 0 radical (unpaired) electrons. The maximum Gasteiger partial charge on any atom is 0.318 e. The summed E-state index contributed by atoms with van der Waals surface area (Å²) in [6, 6.07) is 10.2. The number of amides is 2. The lowest BCUT2D eigenvalue weighted by Crippen LogP contribution is -2.48. The van der Waals surface area contributed by atoms with Crippen LogP contribution in [0.2, 0.25) is 0 Å². The molecule has 4 rings (SSSR count). The van der Waals surface area contributed by atoms with Gasteiger partial charge in [-0.05, 0) is 37.2 Å². The summed E-state index contributed by atoms with van der Waals surface area (Å²) in [5, 5.41) is 13.8. The summed E-state index contributed by atoms with van der Waals surface area (Å²) in [6.07, 6.45) is 6.56. The van der Waals surface area contributed by atoms with Crippen molar-refractivity contribution in [3.63, 3.8) is 0 Å². The van der Waals surface area contributed by atoms with Gasteiger partial charge in [0.15, 0.2) is 0 Å². The Kier molecular flexibility index (Phi) is 4.44. The maximum absolute atomic E-state index is 12.7. The number of likely N-dealkylation sites (tertiary alicyclic amines) is 1. The fraction of sp³-hybridized carbons (Fsp3) is 0.500. The molecule has 1 saturated heterocycles. The number of nitrogens with zero attached hydrogens (tertiary/aromatic N) is 3. The van der Waals surface area contributed by atoms with Crippen molar-refractivity contribution in [2.24, 2.45) is 13.0 Å². The molecule has 138 valence electrons. The summed E-state index contributed by atoms with van der Waals surface area (Å²) in [6.45, 7) is 1.34. The van der Waals surface area contributed by atoms with Crippen LogP contribution in [0.25, 0.3) is 0 Å². The number of carbonyl (C=O) groups is 1. The van der Waals surface area contributed by atoms with Crippen LogP contribution in [0.3, 0.4) is 0 Å². The molecule has 0 spiro atoms. The van der Waals surface area contributed by atoms with Crippen molar-refractivity contribution >= 4 is 6.03 Å². The van der Waals surface area contributed by atoms with Gasteiger partial charge in [0.2, 0.25) is 0 Å². The summed E-state index contributed by atoms with van der Waals surface area (Å²) in [7, 11) is 1.90. The van der Waals surface area contributed by atoms with Gasteiger partial charge in [0.25, 0.3) is 0 Å². The first-order chi connectivity index (χ1) is 12.6. The number of urea groups is 1. The van der Waals surface area contributed by atoms with Gasteiger partial charge in [-0.2, -0.15) is 0 Å². The molecule has 2 fully saturated rings. The van der Waals surface area contributed by atoms with Gasteiger partial charge in [-0.3, -0.25) is 0 Å². The number of rotatable bonds is 4. The van der Waals surface area contributed by atoms with Gasteiger partial charge in [-0.1, -0.05) is 30.3 Å². The van der Waals surface area contributed by atoms with Crippen molar-refractivity contribution in [3.05, 3.63) is 54.1 Å². The Hall–Kier alpha value is -2.34. The van der Waals surface area contributed by atoms with Crippen LogP contribution in [-0.4, -0.2) is 38.7 Å². The molecular weight excluding hydrogens is 328 g/mol. The monoisotopic (exact) mass is 354 g/mol. The topological polar surface area (TPSA) is 70.4 Å². The molecule has 2 aromatic rings. The van der Waals surface area contributed by atoms with Gasteiger partial charge in [-0.25, -0.2) is 9.78 Å². The van der Waals surface area contributed by atoms with Crippen molar-refractivity contribution in [2.45, 2.75) is 37.3 Å². The minimum absolute atomic E-state index is 0.0104. The van der Waals surface area contributed by atoms with Gasteiger partial charge >= 0.3 is 6.03 Å². The Balaban J connectivity index is 1.34. The molecule has 1 aromatic carbocycles. The second kappa shape index (κ2) is 6.76. The summed E-state index contributed by atoms with van der Waals surface area (Å²) in [5.74, 6) is 0.845. The fourth-order valence-electron chi connectivity index (χ4n) is 3.94. The first-order valence-electron chi connectivity index (χ1n) is 9.37. The number of hydrogen-bond donors (Lipinski definition) is 2. The Morgan fingerprint density at radius 3 is 2.54 bits per heavy atom. The molecule has 0 unspecified atom stereocenters. The van der Waals surface area contributed by atoms with E-state index in [4.69, 9.17) is 0 Å². The number of aliphatic hydroxyl groups is 1. The minimum atomic E-state index is -0.570. The van der Waals surface area contributed by atoms with Crippen molar-refractivity contribution < 1.29 is 9.90 Å². The van der Waals surface area contributed by atoms with E-state index in [2.05, 4.69) is 22.4 Å². The van der Waals surface area contributed by atoms with Crippen LogP contribution in [0.5, 0.6) is 0 Å². The molecule has 0 bridgehead atoms. The van der Waals surface area contributed by atoms with Crippen LogP contribution in [0.4, 0.5) is 4.79 Å². The van der Waals surface area contributed by atoms with E-state index in [0.717, 1.165) is 25.7 Å². The molecule has 26 heavy (non-hydrogen) atoms. The number of hydrogen-bond acceptors (Lipinski definition) is 3. The Morgan fingerprint density at radius 2 is 1.96 bits per heavy atom. The van der Waals surface area contributed by atoms with Crippen LogP contribution in [0.1, 0.15) is 43.2 Å². The number of aliphatic hydroxyl groups excluding tert-OH is 1. The third-order valence-corrected chi connectivity index (χ3v) is 5.82. The summed E-state index contributed by atoms with van der Waals surface area (Å²) in [5.41, 5.74) is 1.01. The Labute approximate surface area is 153 Å². The molecule has 2 heterocycles. The Morgan fingerprint density at radius 1 is 1.27 bits per heavy atom. The van der Waals surface area contributed by atoms with Gasteiger partial charge < -0.3 is 19.9 Å². The van der Waals surface area contributed by atoms with Crippen molar-refractivity contribution in [2.75, 3.05) is 13.1 Å². The maximum atomic E-state index is 12.7. The smallest absolute Gasteiger partial charge is 0.318 e. The number of imidazole rings is 1. The molecule has 6 nitrogen and oxygen atoms in total. The highest BCUT2D eigenvalue weighted by Crippen LogP contribution is 2.45. The molecule has 2 amide bonds. The lowest BCUT2D eigenvalue weighted by Gasteiger charge is -2.35. The highest BCUT2D eigenvalue weighted by molar-refractivity contribution is 5.76. The summed E-state index contributed by atoms with van der Waals surface area (Å²) >= 11 is 0. The Bertz CT molecular complexity index is 761. The van der Waals surface area contributed by atoms with E-state index < -0.39 is 6.10 Å². The first-order valence-corrected chi connectivity index (χ1v) is 9.37. The van der Waals surface area contributed by atoms with E-state index in [0.29, 0.717) is 18.9 Å². The lowest BCUT2D eigenvalue weighted by atomic mass is 9.91. The number of nitrogens with one attached hydrogen (secondary N) is 1. The SMILES string of the molecule is Cn1ccnc1[C@H](O)C1CCN(C(=O)NC2(c3ccccc3)CC2)CC1. The van der Waals surface area contributed by atoms with E-state index in [1.54, 1.807) is 6.20 Å². The number of piperidine rings is 1. The zero-order valence-electron chi connectivity index (χ0n) is 15.1. The summed E-state index contributed by atoms with van der Waals surface area (Å²) < 4.78 is 1.86. The highest BCUT2D eigenvalue weighted by atomic mass is 16.3. The fourth-order valence-corrected chi connectivity index (χ4v) is 3.94. The molecule has 1 aromatic heterocycles. The third kappa shape index (κ3) is 3.21. The lowest BCUT2D eigenvalue weighted by molar-refractivity contribution is 0.0579. The van der Waals surface area contributed by atoms with Crippen molar-refractivity contribution in [1.29, 1.82) is 0 Å². The van der Waals surface area contributed by atoms with Crippen LogP contribution in [0, 0.1) is 5.92 Å². The standard InChI is InChI=1S/C20H26N4O2/c1-23-14-11-21-18(23)17(25)15-7-12-24(13-8-15)19(26)22-20(9-10-20)16-5-3-2-4-6-16/h2-6,11,14-15,17,25H,7-10,12-13H2,1H3,(H,22,26)/t17-/m1/s1. The van der Waals surface area contributed by atoms with E-state index in [1.165, 1.54) is 5.56 Å². The van der Waals surface area contributed by atoms with Gasteiger partial charge in [0.05, 0.1) is 5.54 Å². The van der Waals surface area contributed by atoms with Crippen LogP contribution < -0.4 is 5.32 Å². The molecule has 1 aliphatic heterocycles. The zero-order valence-corrected chi connectivity index (χ0v) is 15.1. The van der Waals surface area contributed by atoms with Crippen molar-refractivity contribution in [3.8, 4) is 0 Å². The average Bonchev–Trinajstić information content (AvgIpc) is 3.34. The zero-order chi connectivity index (χ0) is 18.1. The van der Waals surface area contributed by atoms with E-state index >= 15 is 0 Å². The number of carbonyl (C=O) groups excluding carboxylic acids is 1. The first kappa shape index (κ1) is 17.1. The van der Waals surface area contributed by atoms with Crippen LogP contribution >= 0.6 is 0 Å². The molecule has 1 aliphatic carbocycles. The summed E-state index contributed by atoms with van der Waals surface area (Å²) in [4.78, 5) is 18.9. The van der Waals surface area contributed by atoms with E-state index in [-0.39, 0.29) is 17.5 Å². The highest BCUT2D eigenvalue weighted by Gasteiger charge is 2.46. The average molecular weight is 354 g/mol. The van der Waals surface area contributed by atoms with Crippen LogP contribution in [-0.2, 0) is 12.6 Å². The minimum Gasteiger partial charge on any atom is -0.385 e. The molecule has 1 saturated carbocycles. The van der Waals surface area contributed by atoms with E-state index in [1.807, 2.05) is 40.9 Å². The van der Waals surface area contributed by atoms with E-state index in [9.17, 15) is 9.90 Å². The molecule has 2 N–H and O–H groups in total. The van der Waals surface area contributed by atoms with Crippen molar-refractivity contribution in [1.82, 2.24) is 19.8 Å².